The molecule has 21 heavy (non-hydrogen) atoms. The molecule has 1 aliphatic heterocycles. The van der Waals surface area contributed by atoms with E-state index in [2.05, 4.69) is 17.4 Å². The highest BCUT2D eigenvalue weighted by molar-refractivity contribution is 5.51. The zero-order chi connectivity index (χ0) is 14.7. The van der Waals surface area contributed by atoms with Crippen LogP contribution in [-0.2, 0) is 13.2 Å². The number of nitrogens with zero attached hydrogens (tertiary/aromatic N) is 1. The molecule has 1 aromatic heterocycles. The second-order valence-corrected chi connectivity index (χ2v) is 4.81. The zero-order valence-corrected chi connectivity index (χ0v) is 12.1. The molecule has 6 nitrogen and oxygen atoms in total. The molecule has 0 saturated heterocycles. The summed E-state index contributed by atoms with van der Waals surface area (Å²) in [5, 5.41) is 7.21. The van der Waals surface area contributed by atoms with E-state index in [4.69, 9.17) is 18.7 Å². The molecule has 0 spiro atoms. The Hall–Kier alpha value is -2.21. The van der Waals surface area contributed by atoms with Crippen LogP contribution in [0, 0.1) is 6.92 Å². The van der Waals surface area contributed by atoms with Gasteiger partial charge in [-0.05, 0) is 19.5 Å². The lowest BCUT2D eigenvalue weighted by molar-refractivity contribution is 0.173. The molecule has 2 heterocycles. The van der Waals surface area contributed by atoms with E-state index in [0.29, 0.717) is 18.9 Å². The minimum atomic E-state index is 0.252. The van der Waals surface area contributed by atoms with Crippen LogP contribution in [0.2, 0.25) is 0 Å². The highest BCUT2D eigenvalue weighted by atomic mass is 16.7. The highest BCUT2D eigenvalue weighted by Crippen LogP contribution is 2.38. The first-order valence-corrected chi connectivity index (χ1v) is 6.94. The van der Waals surface area contributed by atoms with Crippen molar-refractivity contribution in [2.75, 3.05) is 13.3 Å². The maximum Gasteiger partial charge on any atom is 0.231 e. The second kappa shape index (κ2) is 6.05. The first-order chi connectivity index (χ1) is 10.3. The molecule has 0 fully saturated rings. The first-order valence-electron chi connectivity index (χ1n) is 6.94. The summed E-state index contributed by atoms with van der Waals surface area (Å²) in [5.74, 6) is 3.00. The molecule has 0 unspecified atom stereocenters. The Bertz CT molecular complexity index is 624. The van der Waals surface area contributed by atoms with Gasteiger partial charge in [0.15, 0.2) is 11.5 Å². The van der Waals surface area contributed by atoms with E-state index < -0.39 is 0 Å². The van der Waals surface area contributed by atoms with Crippen molar-refractivity contribution in [3.05, 3.63) is 35.2 Å². The van der Waals surface area contributed by atoms with Crippen molar-refractivity contribution in [1.29, 1.82) is 0 Å². The topological polar surface area (TPSA) is 65.8 Å². The molecule has 0 amide bonds. The van der Waals surface area contributed by atoms with Gasteiger partial charge in [0.2, 0.25) is 6.79 Å². The summed E-state index contributed by atoms with van der Waals surface area (Å²) in [4.78, 5) is 0. The Balaban J connectivity index is 1.78. The van der Waals surface area contributed by atoms with Crippen molar-refractivity contribution in [1.82, 2.24) is 10.5 Å². The van der Waals surface area contributed by atoms with Gasteiger partial charge in [-0.25, -0.2) is 0 Å². The van der Waals surface area contributed by atoms with Crippen LogP contribution in [0.5, 0.6) is 17.2 Å². The van der Waals surface area contributed by atoms with Crippen LogP contribution in [0.3, 0.4) is 0 Å². The normalized spacial score (nSPS) is 12.7. The highest BCUT2D eigenvalue weighted by Gasteiger charge is 2.18. The van der Waals surface area contributed by atoms with Gasteiger partial charge in [0.1, 0.15) is 23.8 Å². The maximum absolute atomic E-state index is 5.86. The molecule has 1 aliphatic rings. The van der Waals surface area contributed by atoms with Crippen LogP contribution < -0.4 is 19.5 Å². The molecule has 0 radical (unpaired) electrons. The van der Waals surface area contributed by atoms with Gasteiger partial charge >= 0.3 is 0 Å². The number of hydrogen-bond donors (Lipinski definition) is 1. The second-order valence-electron chi connectivity index (χ2n) is 4.81. The fourth-order valence-corrected chi connectivity index (χ4v) is 2.14. The maximum atomic E-state index is 5.86. The molecule has 0 bridgehead atoms. The average molecular weight is 290 g/mol. The van der Waals surface area contributed by atoms with E-state index in [-0.39, 0.29) is 6.79 Å². The van der Waals surface area contributed by atoms with E-state index in [1.165, 1.54) is 0 Å². The summed E-state index contributed by atoms with van der Waals surface area (Å²) in [6.07, 6.45) is 0. The van der Waals surface area contributed by atoms with Gasteiger partial charge in [0, 0.05) is 24.2 Å². The number of rotatable bonds is 6. The smallest absolute Gasteiger partial charge is 0.231 e. The molecular formula is C15H18N2O4. The fraction of sp³-hybridized carbons (Fsp3) is 0.400. The van der Waals surface area contributed by atoms with Crippen LogP contribution in [0.25, 0.3) is 0 Å². The molecule has 112 valence electrons. The third-order valence-electron chi connectivity index (χ3n) is 3.17. The van der Waals surface area contributed by atoms with Gasteiger partial charge < -0.3 is 24.1 Å². The Kier molecular flexibility index (Phi) is 3.96. The third-order valence-corrected chi connectivity index (χ3v) is 3.17. The lowest BCUT2D eigenvalue weighted by Gasteiger charge is -2.12. The Morgan fingerprint density at radius 3 is 2.76 bits per heavy atom. The Morgan fingerprint density at radius 2 is 2.05 bits per heavy atom. The zero-order valence-electron chi connectivity index (χ0n) is 12.1. The summed E-state index contributed by atoms with van der Waals surface area (Å²) in [7, 11) is 0. The summed E-state index contributed by atoms with van der Waals surface area (Å²) >= 11 is 0. The first kappa shape index (κ1) is 13.8. The Morgan fingerprint density at radius 1 is 1.24 bits per heavy atom. The van der Waals surface area contributed by atoms with Crippen molar-refractivity contribution >= 4 is 0 Å². The van der Waals surface area contributed by atoms with E-state index in [1.54, 1.807) is 0 Å². The summed E-state index contributed by atoms with van der Waals surface area (Å²) < 4.78 is 21.7. The number of hydrogen-bond acceptors (Lipinski definition) is 6. The van der Waals surface area contributed by atoms with Gasteiger partial charge in [0.25, 0.3) is 0 Å². The SMILES string of the molecule is CCNCc1cc2c(cc1OCc1cc(C)on1)OCO2. The van der Waals surface area contributed by atoms with Crippen LogP contribution in [0.15, 0.2) is 22.7 Å². The minimum Gasteiger partial charge on any atom is -0.487 e. The van der Waals surface area contributed by atoms with Crippen LogP contribution >= 0.6 is 0 Å². The van der Waals surface area contributed by atoms with Gasteiger partial charge in [-0.3, -0.25) is 0 Å². The number of nitrogens with one attached hydrogen (secondary N) is 1. The number of fused-ring (bicyclic) bond motifs is 1. The van der Waals surface area contributed by atoms with Gasteiger partial charge in [-0.1, -0.05) is 12.1 Å². The molecule has 1 N–H and O–H groups in total. The van der Waals surface area contributed by atoms with Crippen molar-refractivity contribution in [3.63, 3.8) is 0 Å². The molecule has 1 aromatic carbocycles. The van der Waals surface area contributed by atoms with E-state index in [0.717, 1.165) is 35.1 Å². The summed E-state index contributed by atoms with van der Waals surface area (Å²) in [6.45, 7) is 6.12. The van der Waals surface area contributed by atoms with Gasteiger partial charge in [0.05, 0.1) is 0 Å². The van der Waals surface area contributed by atoms with Crippen LogP contribution in [0.1, 0.15) is 23.9 Å². The van der Waals surface area contributed by atoms with E-state index >= 15 is 0 Å². The number of aromatic nitrogens is 1. The number of benzene rings is 1. The standard InChI is InChI=1S/C15H18N2O4/c1-3-16-7-11-5-14-15(20-9-19-14)6-13(11)18-8-12-4-10(2)21-17-12/h4-6,16H,3,7-9H2,1-2H3. The molecular weight excluding hydrogens is 272 g/mol. The third kappa shape index (κ3) is 3.11. The number of aryl methyl sites for hydroxylation is 1. The quantitative estimate of drug-likeness (QED) is 0.881. The fourth-order valence-electron chi connectivity index (χ4n) is 2.14. The molecule has 0 atom stereocenters. The Labute approximate surface area is 123 Å². The van der Waals surface area contributed by atoms with Gasteiger partial charge in [-0.15, -0.1) is 0 Å². The predicted octanol–water partition coefficient (Wildman–Crippen LogP) is 2.40. The molecule has 6 heteroatoms. The molecule has 0 aliphatic carbocycles. The van der Waals surface area contributed by atoms with E-state index in [1.807, 2.05) is 25.1 Å². The van der Waals surface area contributed by atoms with Crippen molar-refractivity contribution in [2.45, 2.75) is 27.0 Å². The van der Waals surface area contributed by atoms with Crippen LogP contribution in [-0.4, -0.2) is 18.5 Å². The van der Waals surface area contributed by atoms with Crippen LogP contribution in [0.4, 0.5) is 0 Å². The molecule has 2 aromatic rings. The van der Waals surface area contributed by atoms with Crippen molar-refractivity contribution < 1.29 is 18.7 Å². The summed E-state index contributed by atoms with van der Waals surface area (Å²) in [5.41, 5.74) is 1.79. The average Bonchev–Trinajstić information content (AvgIpc) is 3.10. The monoisotopic (exact) mass is 290 g/mol. The predicted molar refractivity (Wildman–Crippen MR) is 75.5 cm³/mol. The lowest BCUT2D eigenvalue weighted by Crippen LogP contribution is -2.13. The molecule has 0 saturated carbocycles. The van der Waals surface area contributed by atoms with Crippen molar-refractivity contribution in [2.24, 2.45) is 0 Å². The van der Waals surface area contributed by atoms with Gasteiger partial charge in [-0.2, -0.15) is 0 Å². The lowest BCUT2D eigenvalue weighted by atomic mass is 10.1. The summed E-state index contributed by atoms with van der Waals surface area (Å²) in [6, 6.07) is 5.67. The number of ether oxygens (including phenoxy) is 3. The van der Waals surface area contributed by atoms with E-state index in [9.17, 15) is 0 Å². The largest absolute Gasteiger partial charge is 0.487 e. The van der Waals surface area contributed by atoms with Crippen molar-refractivity contribution in [3.8, 4) is 17.2 Å². The molecule has 3 rings (SSSR count). The minimum absolute atomic E-state index is 0.252.